The second-order valence-electron chi connectivity index (χ2n) is 3.64. The van der Waals surface area contributed by atoms with Crippen LogP contribution in [0.1, 0.15) is 13.3 Å². The second kappa shape index (κ2) is 7.77. The molecular weight excluding hydrogens is 262 g/mol. The van der Waals surface area contributed by atoms with E-state index in [1.54, 1.807) is 0 Å². The lowest BCUT2D eigenvalue weighted by molar-refractivity contribution is -0.138. The van der Waals surface area contributed by atoms with Gasteiger partial charge in [0.2, 0.25) is 11.8 Å². The number of nitrogens with one attached hydrogen (secondary N) is 2. The number of carboxylic acids is 1. The van der Waals surface area contributed by atoms with E-state index in [1.165, 1.54) is 13.2 Å². The van der Waals surface area contributed by atoms with Gasteiger partial charge in [0.05, 0.1) is 19.1 Å². The average molecular weight is 279 g/mol. The summed E-state index contributed by atoms with van der Waals surface area (Å²) < 4.78 is 11.1. The van der Waals surface area contributed by atoms with Gasteiger partial charge in [-0.2, -0.15) is 0 Å². The average Bonchev–Trinajstić information content (AvgIpc) is 2.24. The van der Waals surface area contributed by atoms with Gasteiger partial charge in [0.15, 0.2) is 0 Å². The van der Waals surface area contributed by atoms with E-state index in [4.69, 9.17) is 10.8 Å². The van der Waals surface area contributed by atoms with Gasteiger partial charge >= 0.3 is 5.97 Å². The summed E-state index contributed by atoms with van der Waals surface area (Å²) in [6.07, 6.45) is 0.802. The van der Waals surface area contributed by atoms with Crippen molar-refractivity contribution in [3.8, 4) is 0 Å². The van der Waals surface area contributed by atoms with Crippen LogP contribution in [0.2, 0.25) is 0 Å². The standard InChI is InChI=1S/C9H17N3O5S/c1-5(10)8(14)12-4-11-7(13)3-6(9(15)16)18(2)17/h5-6H,3-4,10H2,1-2H3,(H,11,13)(H,12,14)(H,15,16)/t5-,6?,18?/m0/s1. The lowest BCUT2D eigenvalue weighted by Gasteiger charge is -2.11. The van der Waals surface area contributed by atoms with Crippen molar-refractivity contribution in [2.24, 2.45) is 5.73 Å². The third kappa shape index (κ3) is 6.30. The quantitative estimate of drug-likeness (QED) is 0.388. The number of carboxylic acid groups (broad SMARTS) is 1. The van der Waals surface area contributed by atoms with Crippen LogP contribution in [0.15, 0.2) is 0 Å². The summed E-state index contributed by atoms with van der Waals surface area (Å²) in [7, 11) is -1.64. The fourth-order valence-electron chi connectivity index (χ4n) is 0.978. The molecule has 0 fully saturated rings. The number of carbonyl (C=O) groups excluding carboxylic acids is 2. The van der Waals surface area contributed by atoms with Crippen LogP contribution in [0.5, 0.6) is 0 Å². The number of rotatable bonds is 7. The van der Waals surface area contributed by atoms with Gasteiger partial charge in [0.25, 0.3) is 0 Å². The third-order valence-corrected chi connectivity index (χ3v) is 3.18. The van der Waals surface area contributed by atoms with Crippen LogP contribution in [0.3, 0.4) is 0 Å². The summed E-state index contributed by atoms with van der Waals surface area (Å²) in [4.78, 5) is 33.0. The van der Waals surface area contributed by atoms with E-state index in [2.05, 4.69) is 10.6 Å². The van der Waals surface area contributed by atoms with Crippen LogP contribution in [-0.2, 0) is 25.2 Å². The molecule has 0 aromatic carbocycles. The van der Waals surface area contributed by atoms with Gasteiger partial charge in [-0.25, -0.2) is 0 Å². The van der Waals surface area contributed by atoms with Crippen LogP contribution in [0.25, 0.3) is 0 Å². The number of hydrogen-bond donors (Lipinski definition) is 4. The minimum atomic E-state index is -1.64. The van der Waals surface area contributed by atoms with Gasteiger partial charge in [-0.15, -0.1) is 0 Å². The first-order valence-electron chi connectivity index (χ1n) is 5.10. The van der Waals surface area contributed by atoms with Crippen LogP contribution in [-0.4, -0.2) is 51.3 Å². The van der Waals surface area contributed by atoms with E-state index in [1.807, 2.05) is 0 Å². The topological polar surface area (TPSA) is 139 Å². The molecule has 0 rings (SSSR count). The fourth-order valence-corrected chi connectivity index (χ4v) is 1.65. The summed E-state index contributed by atoms with van der Waals surface area (Å²) in [5, 5.41) is 12.1. The lowest BCUT2D eigenvalue weighted by atomic mass is 10.3. The molecule has 104 valence electrons. The normalized spacial score (nSPS) is 15.3. The monoisotopic (exact) mass is 279 g/mol. The molecule has 0 aromatic rings. The maximum atomic E-state index is 11.3. The molecule has 9 heteroatoms. The Morgan fingerprint density at radius 2 is 1.89 bits per heavy atom. The van der Waals surface area contributed by atoms with Crippen molar-refractivity contribution in [2.45, 2.75) is 24.6 Å². The maximum absolute atomic E-state index is 11.3. The molecule has 8 nitrogen and oxygen atoms in total. The van der Waals surface area contributed by atoms with Crippen LogP contribution < -0.4 is 16.4 Å². The van der Waals surface area contributed by atoms with E-state index in [0.29, 0.717) is 0 Å². The fraction of sp³-hybridized carbons (Fsp3) is 0.667. The molecular formula is C9H17N3O5S. The van der Waals surface area contributed by atoms with Gasteiger partial charge in [-0.3, -0.25) is 18.6 Å². The number of nitrogens with two attached hydrogens (primary N) is 1. The molecule has 0 spiro atoms. The summed E-state index contributed by atoms with van der Waals surface area (Å²) >= 11 is 0. The van der Waals surface area contributed by atoms with Crippen molar-refractivity contribution in [1.29, 1.82) is 0 Å². The van der Waals surface area contributed by atoms with Crippen molar-refractivity contribution < 1.29 is 23.7 Å². The zero-order chi connectivity index (χ0) is 14.3. The zero-order valence-electron chi connectivity index (χ0n) is 10.1. The summed E-state index contributed by atoms with van der Waals surface area (Å²) in [6, 6.07) is -0.697. The molecule has 0 heterocycles. The van der Waals surface area contributed by atoms with E-state index < -0.39 is 46.3 Å². The van der Waals surface area contributed by atoms with Crippen molar-refractivity contribution >= 4 is 28.6 Å². The molecule has 2 amide bonds. The van der Waals surface area contributed by atoms with Crippen molar-refractivity contribution in [2.75, 3.05) is 12.9 Å². The Balaban J connectivity index is 4.08. The summed E-state index contributed by atoms with van der Waals surface area (Å²) in [5.41, 5.74) is 5.27. The number of amides is 2. The third-order valence-electron chi connectivity index (χ3n) is 2.01. The smallest absolute Gasteiger partial charge is 0.319 e. The SMILES string of the molecule is C[C@H](N)C(=O)NCNC(=O)CC(C(=O)O)S(C)=O. The first kappa shape index (κ1) is 16.5. The van der Waals surface area contributed by atoms with Crippen molar-refractivity contribution in [3.63, 3.8) is 0 Å². The number of hydrogen-bond acceptors (Lipinski definition) is 5. The first-order chi connectivity index (χ1) is 8.25. The molecule has 0 aliphatic heterocycles. The van der Waals surface area contributed by atoms with E-state index >= 15 is 0 Å². The Labute approximate surface area is 107 Å². The van der Waals surface area contributed by atoms with E-state index in [-0.39, 0.29) is 6.67 Å². The predicted molar refractivity (Wildman–Crippen MR) is 64.9 cm³/mol. The van der Waals surface area contributed by atoms with E-state index in [0.717, 1.165) is 0 Å². The highest BCUT2D eigenvalue weighted by atomic mass is 32.2. The van der Waals surface area contributed by atoms with Gasteiger partial charge in [0, 0.05) is 17.1 Å². The highest BCUT2D eigenvalue weighted by Gasteiger charge is 2.24. The summed E-state index contributed by atoms with van der Waals surface area (Å²) in [5.74, 6) is -2.35. The van der Waals surface area contributed by atoms with Gasteiger partial charge in [-0.05, 0) is 6.92 Å². The Hall–Kier alpha value is -1.48. The molecule has 0 aromatic heterocycles. The first-order valence-corrected chi connectivity index (χ1v) is 6.72. The number of carbonyl (C=O) groups is 3. The highest BCUT2D eigenvalue weighted by Crippen LogP contribution is 2.00. The minimum absolute atomic E-state index is 0.151. The maximum Gasteiger partial charge on any atom is 0.319 e. The Morgan fingerprint density at radius 3 is 2.28 bits per heavy atom. The lowest BCUT2D eigenvalue weighted by Crippen LogP contribution is -2.45. The number of aliphatic carboxylic acids is 1. The molecule has 3 atom stereocenters. The molecule has 18 heavy (non-hydrogen) atoms. The van der Waals surface area contributed by atoms with Crippen molar-refractivity contribution in [3.05, 3.63) is 0 Å². The van der Waals surface area contributed by atoms with Crippen LogP contribution in [0.4, 0.5) is 0 Å². The minimum Gasteiger partial charge on any atom is -0.480 e. The Morgan fingerprint density at radius 1 is 1.33 bits per heavy atom. The highest BCUT2D eigenvalue weighted by molar-refractivity contribution is 7.85. The second-order valence-corrected chi connectivity index (χ2v) is 5.20. The van der Waals surface area contributed by atoms with Crippen LogP contribution in [0, 0.1) is 0 Å². The largest absolute Gasteiger partial charge is 0.480 e. The zero-order valence-corrected chi connectivity index (χ0v) is 11.0. The van der Waals surface area contributed by atoms with E-state index in [9.17, 15) is 18.6 Å². The van der Waals surface area contributed by atoms with Crippen LogP contribution >= 0.6 is 0 Å². The van der Waals surface area contributed by atoms with Crippen molar-refractivity contribution in [1.82, 2.24) is 10.6 Å². The van der Waals surface area contributed by atoms with Gasteiger partial charge < -0.3 is 21.5 Å². The Kier molecular flexibility index (Phi) is 7.13. The molecule has 0 bridgehead atoms. The molecule has 0 aliphatic rings. The predicted octanol–water partition coefficient (Wildman–Crippen LogP) is -2.25. The summed E-state index contributed by atoms with van der Waals surface area (Å²) in [6.45, 7) is 1.33. The molecule has 0 radical (unpaired) electrons. The molecule has 0 saturated heterocycles. The van der Waals surface area contributed by atoms with Gasteiger partial charge in [0.1, 0.15) is 5.25 Å². The Bertz CT molecular complexity index is 344. The molecule has 2 unspecified atom stereocenters. The molecule has 0 saturated carbocycles. The molecule has 5 N–H and O–H groups in total. The van der Waals surface area contributed by atoms with Gasteiger partial charge in [-0.1, -0.05) is 0 Å². The molecule has 0 aliphatic carbocycles.